The Hall–Kier alpha value is -3.24. The fraction of sp³-hybridized carbons (Fsp3) is 0.167. The molecule has 4 nitrogen and oxygen atoms in total. The van der Waals surface area contributed by atoms with Gasteiger partial charge in [-0.05, 0) is 24.1 Å². The molecule has 0 saturated carbocycles. The largest absolute Gasteiger partial charge is 0.396 e. The summed E-state index contributed by atoms with van der Waals surface area (Å²) in [6.45, 7) is 0.311. The van der Waals surface area contributed by atoms with Gasteiger partial charge in [0.2, 0.25) is 0 Å². The van der Waals surface area contributed by atoms with E-state index in [9.17, 15) is 9.59 Å². The van der Waals surface area contributed by atoms with Crippen molar-refractivity contribution in [3.63, 3.8) is 0 Å². The standard InChI is InChI=1S/C24H23NO3/c26-16-15-19-11-13-22(14-12-19)25(17-23(27)20-7-3-1-4-8-20)18-24(28)21-9-5-2-6-10-21/h1-14,26H,15-18H2. The van der Waals surface area contributed by atoms with Crippen LogP contribution in [0.3, 0.4) is 0 Å². The Balaban J connectivity index is 1.82. The predicted molar refractivity (Wildman–Crippen MR) is 111 cm³/mol. The van der Waals surface area contributed by atoms with Crippen molar-refractivity contribution in [1.29, 1.82) is 0 Å². The van der Waals surface area contributed by atoms with Crippen LogP contribution in [0.5, 0.6) is 0 Å². The van der Waals surface area contributed by atoms with Gasteiger partial charge in [0.1, 0.15) is 0 Å². The van der Waals surface area contributed by atoms with Crippen molar-refractivity contribution in [2.45, 2.75) is 6.42 Å². The third kappa shape index (κ3) is 5.15. The molecule has 0 fully saturated rings. The molecule has 3 rings (SSSR count). The Bertz CT molecular complexity index is 852. The molecule has 0 amide bonds. The molecule has 3 aromatic rings. The van der Waals surface area contributed by atoms with Gasteiger partial charge in [0.25, 0.3) is 0 Å². The van der Waals surface area contributed by atoms with Gasteiger partial charge in [0.05, 0.1) is 13.1 Å². The summed E-state index contributed by atoms with van der Waals surface area (Å²) in [4.78, 5) is 27.3. The van der Waals surface area contributed by atoms with Gasteiger partial charge in [0, 0.05) is 23.4 Å². The van der Waals surface area contributed by atoms with Gasteiger partial charge in [-0.1, -0.05) is 72.8 Å². The Morgan fingerprint density at radius 3 is 1.57 bits per heavy atom. The van der Waals surface area contributed by atoms with E-state index in [2.05, 4.69) is 0 Å². The average molecular weight is 373 g/mol. The number of anilines is 1. The van der Waals surface area contributed by atoms with Gasteiger partial charge in [-0.15, -0.1) is 0 Å². The highest BCUT2D eigenvalue weighted by molar-refractivity contribution is 6.02. The zero-order chi connectivity index (χ0) is 19.8. The fourth-order valence-corrected chi connectivity index (χ4v) is 3.02. The highest BCUT2D eigenvalue weighted by Crippen LogP contribution is 2.18. The van der Waals surface area contributed by atoms with E-state index in [-0.39, 0.29) is 31.3 Å². The predicted octanol–water partition coefficient (Wildman–Crippen LogP) is 3.79. The molecule has 0 spiro atoms. The Morgan fingerprint density at radius 2 is 1.14 bits per heavy atom. The average Bonchev–Trinajstić information content (AvgIpc) is 2.75. The SMILES string of the molecule is O=C(CN(CC(=O)c1ccccc1)c1ccc(CCO)cc1)c1ccccc1. The minimum Gasteiger partial charge on any atom is -0.396 e. The molecule has 0 radical (unpaired) electrons. The maximum Gasteiger partial charge on any atom is 0.182 e. The van der Waals surface area contributed by atoms with E-state index in [1.54, 1.807) is 29.2 Å². The molecule has 0 unspecified atom stereocenters. The zero-order valence-corrected chi connectivity index (χ0v) is 15.6. The van der Waals surface area contributed by atoms with E-state index in [0.29, 0.717) is 17.5 Å². The van der Waals surface area contributed by atoms with E-state index >= 15 is 0 Å². The van der Waals surface area contributed by atoms with Crippen LogP contribution in [0, 0.1) is 0 Å². The maximum atomic E-state index is 12.7. The molecule has 0 aliphatic carbocycles. The smallest absolute Gasteiger partial charge is 0.182 e. The summed E-state index contributed by atoms with van der Waals surface area (Å²) in [5.41, 5.74) is 3.05. The number of rotatable bonds is 9. The summed E-state index contributed by atoms with van der Waals surface area (Å²) in [7, 11) is 0. The first-order chi connectivity index (χ1) is 13.7. The summed E-state index contributed by atoms with van der Waals surface area (Å²) >= 11 is 0. The normalized spacial score (nSPS) is 10.5. The van der Waals surface area contributed by atoms with Gasteiger partial charge < -0.3 is 10.0 Å². The minimum atomic E-state index is -0.0408. The van der Waals surface area contributed by atoms with E-state index in [4.69, 9.17) is 5.11 Å². The van der Waals surface area contributed by atoms with Crippen LogP contribution in [-0.2, 0) is 6.42 Å². The Kier molecular flexibility index (Phi) is 6.71. The lowest BCUT2D eigenvalue weighted by atomic mass is 10.1. The summed E-state index contributed by atoms with van der Waals surface area (Å²) in [5, 5.41) is 9.09. The van der Waals surface area contributed by atoms with Crippen LogP contribution in [0.15, 0.2) is 84.9 Å². The molecule has 142 valence electrons. The number of hydrogen-bond acceptors (Lipinski definition) is 4. The summed E-state index contributed by atoms with van der Waals surface area (Å²) in [6.07, 6.45) is 0.576. The molecular weight excluding hydrogens is 350 g/mol. The maximum absolute atomic E-state index is 12.7. The van der Waals surface area contributed by atoms with Crippen LogP contribution < -0.4 is 4.90 Å². The number of benzene rings is 3. The molecular formula is C24H23NO3. The lowest BCUT2D eigenvalue weighted by molar-refractivity contribution is 0.0984. The van der Waals surface area contributed by atoms with Crippen molar-refractivity contribution in [3.05, 3.63) is 102 Å². The molecule has 0 aliphatic heterocycles. The molecule has 0 heterocycles. The number of ketones is 2. The van der Waals surface area contributed by atoms with Crippen LogP contribution in [0.2, 0.25) is 0 Å². The Labute approximate surface area is 165 Å². The van der Waals surface area contributed by atoms with Crippen LogP contribution >= 0.6 is 0 Å². The number of Topliss-reactive ketones (excluding diaryl/α,β-unsaturated/α-hetero) is 2. The van der Waals surface area contributed by atoms with Gasteiger partial charge >= 0.3 is 0 Å². The number of hydrogen-bond donors (Lipinski definition) is 1. The van der Waals surface area contributed by atoms with Crippen LogP contribution in [-0.4, -0.2) is 36.4 Å². The second-order valence-electron chi connectivity index (χ2n) is 6.57. The molecule has 0 aromatic heterocycles. The molecule has 1 N–H and O–H groups in total. The quantitative estimate of drug-likeness (QED) is 0.580. The van der Waals surface area contributed by atoms with E-state index in [0.717, 1.165) is 11.3 Å². The number of carbonyl (C=O) groups is 2. The van der Waals surface area contributed by atoms with Crippen LogP contribution in [0.1, 0.15) is 26.3 Å². The molecule has 0 bridgehead atoms. The monoisotopic (exact) mass is 373 g/mol. The van der Waals surface area contributed by atoms with Crippen LogP contribution in [0.25, 0.3) is 0 Å². The van der Waals surface area contributed by atoms with Crippen LogP contribution in [0.4, 0.5) is 5.69 Å². The van der Waals surface area contributed by atoms with E-state index in [1.165, 1.54) is 0 Å². The molecule has 0 atom stereocenters. The van der Waals surface area contributed by atoms with Crippen molar-refractivity contribution in [2.75, 3.05) is 24.6 Å². The van der Waals surface area contributed by atoms with Gasteiger partial charge in [-0.25, -0.2) is 0 Å². The van der Waals surface area contributed by atoms with Crippen molar-refractivity contribution < 1.29 is 14.7 Å². The highest BCUT2D eigenvalue weighted by Gasteiger charge is 2.17. The second-order valence-corrected chi connectivity index (χ2v) is 6.57. The van der Waals surface area contributed by atoms with Crippen molar-refractivity contribution >= 4 is 17.3 Å². The number of carbonyl (C=O) groups excluding carboxylic acids is 2. The number of aliphatic hydroxyl groups is 1. The number of aliphatic hydroxyl groups excluding tert-OH is 1. The topological polar surface area (TPSA) is 57.6 Å². The first kappa shape index (κ1) is 19.5. The fourth-order valence-electron chi connectivity index (χ4n) is 3.02. The van der Waals surface area contributed by atoms with Gasteiger partial charge in [0.15, 0.2) is 11.6 Å². The van der Waals surface area contributed by atoms with Gasteiger partial charge in [-0.2, -0.15) is 0 Å². The lowest BCUT2D eigenvalue weighted by Crippen LogP contribution is -2.34. The molecule has 3 aromatic carbocycles. The third-order valence-electron chi connectivity index (χ3n) is 4.56. The van der Waals surface area contributed by atoms with E-state index in [1.807, 2.05) is 60.7 Å². The first-order valence-electron chi connectivity index (χ1n) is 9.28. The zero-order valence-electron chi connectivity index (χ0n) is 15.6. The van der Waals surface area contributed by atoms with Crippen molar-refractivity contribution in [3.8, 4) is 0 Å². The van der Waals surface area contributed by atoms with E-state index < -0.39 is 0 Å². The summed E-state index contributed by atoms with van der Waals surface area (Å²) < 4.78 is 0. The second kappa shape index (κ2) is 9.62. The van der Waals surface area contributed by atoms with Gasteiger partial charge in [-0.3, -0.25) is 9.59 Å². The lowest BCUT2D eigenvalue weighted by Gasteiger charge is -2.24. The number of nitrogens with zero attached hydrogens (tertiary/aromatic N) is 1. The third-order valence-corrected chi connectivity index (χ3v) is 4.56. The van der Waals surface area contributed by atoms with Crippen molar-refractivity contribution in [2.24, 2.45) is 0 Å². The van der Waals surface area contributed by atoms with Crippen molar-refractivity contribution in [1.82, 2.24) is 0 Å². The molecule has 0 saturated heterocycles. The minimum absolute atomic E-state index is 0.0408. The molecule has 0 aliphatic rings. The first-order valence-corrected chi connectivity index (χ1v) is 9.28. The summed E-state index contributed by atoms with van der Waals surface area (Å²) in [5.74, 6) is -0.0817. The Morgan fingerprint density at radius 1 is 0.679 bits per heavy atom. The molecule has 4 heteroatoms. The molecule has 28 heavy (non-hydrogen) atoms. The highest BCUT2D eigenvalue weighted by atomic mass is 16.3. The summed E-state index contributed by atoms with van der Waals surface area (Å²) in [6, 6.07) is 25.8.